The van der Waals surface area contributed by atoms with Gasteiger partial charge in [0.1, 0.15) is 16.7 Å². The Balaban J connectivity index is 2.04. The van der Waals surface area contributed by atoms with Crippen LogP contribution < -0.4 is 4.90 Å². The zero-order chi connectivity index (χ0) is 15.0. The third-order valence-electron chi connectivity index (χ3n) is 3.43. The standard InChI is InChI=1S/C15H11Cl2FN2O/c16-11-5-6-13(17)19-14(11)15(21)20-7-1-2-9-3-4-10(18)8-12(9)20/h3-6,8H,1-2,7H2. The molecule has 0 aliphatic carbocycles. The highest BCUT2D eigenvalue weighted by atomic mass is 35.5. The monoisotopic (exact) mass is 324 g/mol. The minimum atomic E-state index is -0.376. The number of rotatable bonds is 1. The maximum Gasteiger partial charge on any atom is 0.278 e. The van der Waals surface area contributed by atoms with E-state index in [1.807, 2.05) is 0 Å². The molecule has 0 spiro atoms. The second kappa shape index (κ2) is 5.62. The van der Waals surface area contributed by atoms with Crippen LogP contribution in [0.25, 0.3) is 0 Å². The lowest BCUT2D eigenvalue weighted by Gasteiger charge is -2.29. The fourth-order valence-electron chi connectivity index (χ4n) is 2.45. The van der Waals surface area contributed by atoms with Gasteiger partial charge in [0.25, 0.3) is 5.91 Å². The summed E-state index contributed by atoms with van der Waals surface area (Å²) in [7, 11) is 0. The van der Waals surface area contributed by atoms with Crippen molar-refractivity contribution in [3.63, 3.8) is 0 Å². The van der Waals surface area contributed by atoms with Gasteiger partial charge in [0, 0.05) is 6.54 Å². The number of benzene rings is 1. The number of carbonyl (C=O) groups is 1. The molecule has 6 heteroatoms. The largest absolute Gasteiger partial charge is 0.307 e. The van der Waals surface area contributed by atoms with E-state index < -0.39 is 0 Å². The lowest BCUT2D eigenvalue weighted by molar-refractivity contribution is 0.0980. The normalized spacial score (nSPS) is 14.0. The van der Waals surface area contributed by atoms with Crippen molar-refractivity contribution < 1.29 is 9.18 Å². The predicted octanol–water partition coefficient (Wildman–Crippen LogP) is 4.12. The van der Waals surface area contributed by atoms with Crippen molar-refractivity contribution in [2.75, 3.05) is 11.4 Å². The van der Waals surface area contributed by atoms with E-state index in [9.17, 15) is 9.18 Å². The molecule has 1 aromatic heterocycles. The number of anilines is 1. The quantitative estimate of drug-likeness (QED) is 0.739. The Kier molecular flexibility index (Phi) is 3.83. The number of nitrogens with zero attached hydrogens (tertiary/aromatic N) is 2. The van der Waals surface area contributed by atoms with Crippen molar-refractivity contribution in [1.82, 2.24) is 4.98 Å². The van der Waals surface area contributed by atoms with Crippen molar-refractivity contribution in [1.29, 1.82) is 0 Å². The summed E-state index contributed by atoms with van der Waals surface area (Å²) in [5, 5.41) is 0.423. The Morgan fingerprint density at radius 2 is 2.05 bits per heavy atom. The molecule has 0 saturated carbocycles. The Hall–Kier alpha value is -1.65. The molecule has 108 valence electrons. The topological polar surface area (TPSA) is 33.2 Å². The lowest BCUT2D eigenvalue weighted by atomic mass is 10.0. The second-order valence-corrected chi connectivity index (χ2v) is 5.59. The van der Waals surface area contributed by atoms with Gasteiger partial charge in [-0.1, -0.05) is 29.3 Å². The highest BCUT2D eigenvalue weighted by Gasteiger charge is 2.26. The SMILES string of the molecule is O=C(c1nc(Cl)ccc1Cl)N1CCCc2ccc(F)cc21. The van der Waals surface area contributed by atoms with Crippen molar-refractivity contribution in [3.8, 4) is 0 Å². The first-order valence-corrected chi connectivity index (χ1v) is 7.24. The van der Waals surface area contributed by atoms with Crippen LogP contribution in [-0.2, 0) is 6.42 Å². The molecule has 2 aromatic rings. The molecule has 3 rings (SSSR count). The van der Waals surface area contributed by atoms with Crippen LogP contribution in [0, 0.1) is 5.82 Å². The van der Waals surface area contributed by atoms with Crippen molar-refractivity contribution in [2.45, 2.75) is 12.8 Å². The van der Waals surface area contributed by atoms with Crippen molar-refractivity contribution in [2.24, 2.45) is 0 Å². The highest BCUT2D eigenvalue weighted by Crippen LogP contribution is 2.30. The average Bonchev–Trinajstić information content (AvgIpc) is 2.48. The third kappa shape index (κ3) is 2.74. The molecular formula is C15H11Cl2FN2O. The smallest absolute Gasteiger partial charge is 0.278 e. The molecule has 1 aliphatic rings. The molecule has 3 nitrogen and oxygen atoms in total. The molecule has 0 N–H and O–H groups in total. The van der Waals surface area contributed by atoms with Crippen LogP contribution in [-0.4, -0.2) is 17.4 Å². The number of halogens is 3. The van der Waals surface area contributed by atoms with Crippen molar-refractivity contribution >= 4 is 34.8 Å². The highest BCUT2D eigenvalue weighted by molar-refractivity contribution is 6.35. The summed E-state index contributed by atoms with van der Waals surface area (Å²) in [5.74, 6) is -0.743. The maximum absolute atomic E-state index is 13.5. The van der Waals surface area contributed by atoms with E-state index in [1.165, 1.54) is 29.2 Å². The zero-order valence-electron chi connectivity index (χ0n) is 10.9. The van der Waals surface area contributed by atoms with Gasteiger partial charge in [0.2, 0.25) is 0 Å². The van der Waals surface area contributed by atoms with Crippen LogP contribution in [0.1, 0.15) is 22.5 Å². The number of fused-ring (bicyclic) bond motifs is 1. The first-order valence-electron chi connectivity index (χ1n) is 6.48. The van der Waals surface area contributed by atoms with E-state index in [1.54, 1.807) is 6.07 Å². The molecule has 0 saturated heterocycles. The van der Waals surface area contributed by atoms with Gasteiger partial charge in [0.05, 0.1) is 10.7 Å². The van der Waals surface area contributed by atoms with Crippen LogP contribution in [0.4, 0.5) is 10.1 Å². The summed E-state index contributed by atoms with van der Waals surface area (Å²) in [6, 6.07) is 7.52. The molecule has 0 unspecified atom stereocenters. The number of pyridine rings is 1. The fourth-order valence-corrected chi connectivity index (χ4v) is 2.79. The molecule has 21 heavy (non-hydrogen) atoms. The number of hydrogen-bond acceptors (Lipinski definition) is 2. The average molecular weight is 325 g/mol. The molecule has 1 aromatic carbocycles. The molecule has 0 fully saturated rings. The van der Waals surface area contributed by atoms with E-state index in [2.05, 4.69) is 4.98 Å². The first kappa shape index (κ1) is 14.3. The van der Waals surface area contributed by atoms with Gasteiger partial charge in [-0.05, 0) is 42.7 Å². The lowest BCUT2D eigenvalue weighted by Crippen LogP contribution is -2.36. The van der Waals surface area contributed by atoms with Crippen LogP contribution in [0.5, 0.6) is 0 Å². The minimum Gasteiger partial charge on any atom is -0.307 e. The maximum atomic E-state index is 13.5. The summed E-state index contributed by atoms with van der Waals surface area (Å²) in [6.07, 6.45) is 1.62. The summed E-state index contributed by atoms with van der Waals surface area (Å²) < 4.78 is 13.5. The van der Waals surface area contributed by atoms with Crippen molar-refractivity contribution in [3.05, 3.63) is 57.6 Å². The van der Waals surface area contributed by atoms with E-state index >= 15 is 0 Å². The van der Waals surface area contributed by atoms with Gasteiger partial charge in [-0.15, -0.1) is 0 Å². The van der Waals surface area contributed by atoms with Crippen LogP contribution in [0.2, 0.25) is 10.2 Å². The predicted molar refractivity (Wildman–Crippen MR) is 80.7 cm³/mol. The molecule has 1 amide bonds. The molecule has 0 atom stereocenters. The number of aromatic nitrogens is 1. The number of hydrogen-bond donors (Lipinski definition) is 0. The first-order chi connectivity index (χ1) is 10.1. The molecule has 0 radical (unpaired) electrons. The van der Waals surface area contributed by atoms with Crippen LogP contribution in [0.15, 0.2) is 30.3 Å². The molecule has 1 aliphatic heterocycles. The van der Waals surface area contributed by atoms with E-state index in [0.717, 1.165) is 18.4 Å². The van der Waals surface area contributed by atoms with Crippen LogP contribution in [0.3, 0.4) is 0 Å². The summed E-state index contributed by atoms with van der Waals surface area (Å²) in [5.41, 5.74) is 1.60. The zero-order valence-corrected chi connectivity index (χ0v) is 12.5. The van der Waals surface area contributed by atoms with Gasteiger partial charge >= 0.3 is 0 Å². The molecular weight excluding hydrogens is 314 g/mol. The minimum absolute atomic E-state index is 0.0845. The van der Waals surface area contributed by atoms with E-state index in [4.69, 9.17) is 23.2 Å². The number of aryl methyl sites for hydroxylation is 1. The van der Waals surface area contributed by atoms with Gasteiger partial charge in [-0.2, -0.15) is 0 Å². The Bertz CT molecular complexity index is 721. The van der Waals surface area contributed by atoms with E-state index in [0.29, 0.717) is 12.2 Å². The number of carbonyl (C=O) groups excluding carboxylic acids is 1. The van der Waals surface area contributed by atoms with Gasteiger partial charge in [0.15, 0.2) is 0 Å². The second-order valence-electron chi connectivity index (χ2n) is 4.80. The summed E-state index contributed by atoms with van der Waals surface area (Å²) in [4.78, 5) is 18.1. The summed E-state index contributed by atoms with van der Waals surface area (Å²) in [6.45, 7) is 0.500. The van der Waals surface area contributed by atoms with Gasteiger partial charge < -0.3 is 4.90 Å². The Morgan fingerprint density at radius 3 is 2.86 bits per heavy atom. The summed E-state index contributed by atoms with van der Waals surface area (Å²) >= 11 is 11.9. The van der Waals surface area contributed by atoms with Crippen LogP contribution >= 0.6 is 23.2 Å². The van der Waals surface area contributed by atoms with Gasteiger partial charge in [-0.25, -0.2) is 9.37 Å². The third-order valence-corrected chi connectivity index (χ3v) is 3.94. The molecule has 0 bridgehead atoms. The molecule has 2 heterocycles. The van der Waals surface area contributed by atoms with Gasteiger partial charge in [-0.3, -0.25) is 4.79 Å². The Labute approximate surface area is 131 Å². The van der Waals surface area contributed by atoms with E-state index in [-0.39, 0.29) is 27.6 Å². The fraction of sp³-hybridized carbons (Fsp3) is 0.200. The number of amides is 1. The Morgan fingerprint density at radius 1 is 1.24 bits per heavy atom.